The third kappa shape index (κ3) is 2.18. The molecule has 3 nitrogen and oxygen atoms in total. The number of allylic oxidation sites excluding steroid dienone is 1. The van der Waals surface area contributed by atoms with Crippen molar-refractivity contribution in [3.63, 3.8) is 0 Å². The highest BCUT2D eigenvalue weighted by Gasteiger charge is 2.53. The van der Waals surface area contributed by atoms with Crippen LogP contribution in [0.5, 0.6) is 0 Å². The minimum atomic E-state index is -0.628. The Kier molecular flexibility index (Phi) is 2.92. The van der Waals surface area contributed by atoms with Gasteiger partial charge in [-0.2, -0.15) is 0 Å². The number of carboxylic acid groups (broad SMARTS) is 1. The molecule has 2 aliphatic carbocycles. The topological polar surface area (TPSA) is 50.2 Å². The van der Waals surface area contributed by atoms with Gasteiger partial charge in [-0.05, 0) is 62.6 Å². The van der Waals surface area contributed by atoms with Crippen LogP contribution in [0.1, 0.15) is 49.3 Å². The van der Waals surface area contributed by atoms with Crippen molar-refractivity contribution in [2.45, 2.75) is 44.9 Å². The van der Waals surface area contributed by atoms with E-state index in [-0.39, 0.29) is 0 Å². The van der Waals surface area contributed by atoms with Crippen LogP contribution < -0.4 is 0 Å². The summed E-state index contributed by atoms with van der Waals surface area (Å²) in [5.74, 6) is -0.105. The van der Waals surface area contributed by atoms with Gasteiger partial charge in [0, 0.05) is 11.9 Å². The third-order valence-corrected chi connectivity index (χ3v) is 4.58. The number of rotatable bonds is 3. The van der Waals surface area contributed by atoms with E-state index in [0.29, 0.717) is 5.92 Å². The Hall–Kier alpha value is -1.64. The van der Waals surface area contributed by atoms with Crippen molar-refractivity contribution in [3.8, 4) is 0 Å². The summed E-state index contributed by atoms with van der Waals surface area (Å²) in [6.07, 6.45) is 8.66. The Morgan fingerprint density at radius 3 is 2.79 bits per heavy atom. The maximum atomic E-state index is 11.3. The molecule has 2 aliphatic rings. The number of hydrogen-bond acceptors (Lipinski definition) is 2. The lowest BCUT2D eigenvalue weighted by Gasteiger charge is -2.25. The Morgan fingerprint density at radius 1 is 1.47 bits per heavy atom. The maximum absolute atomic E-state index is 11.3. The second kappa shape index (κ2) is 4.48. The Labute approximate surface area is 113 Å². The fraction of sp³-hybridized carbons (Fsp3) is 0.500. The number of aromatic nitrogens is 1. The normalized spacial score (nSPS) is 24.7. The molecule has 3 heteroatoms. The van der Waals surface area contributed by atoms with E-state index in [4.69, 9.17) is 0 Å². The van der Waals surface area contributed by atoms with E-state index in [1.165, 1.54) is 11.1 Å². The first-order valence-corrected chi connectivity index (χ1v) is 6.97. The first kappa shape index (κ1) is 12.4. The fourth-order valence-corrected chi connectivity index (χ4v) is 3.19. The molecular formula is C16H19NO2. The first-order valence-electron chi connectivity index (χ1n) is 6.97. The van der Waals surface area contributed by atoms with E-state index in [1.54, 1.807) is 0 Å². The molecule has 0 amide bonds. The number of hydrogen-bond donors (Lipinski definition) is 1. The summed E-state index contributed by atoms with van der Waals surface area (Å²) < 4.78 is 0. The molecule has 0 saturated heterocycles. The molecule has 0 aromatic carbocycles. The summed E-state index contributed by atoms with van der Waals surface area (Å²) in [5.41, 5.74) is 3.07. The predicted molar refractivity (Wildman–Crippen MR) is 73.0 cm³/mol. The summed E-state index contributed by atoms with van der Waals surface area (Å²) in [4.78, 5) is 15.6. The molecule has 19 heavy (non-hydrogen) atoms. The molecule has 0 bridgehead atoms. The van der Waals surface area contributed by atoms with E-state index < -0.39 is 11.4 Å². The van der Waals surface area contributed by atoms with E-state index in [9.17, 15) is 9.90 Å². The van der Waals surface area contributed by atoms with Gasteiger partial charge in [0.05, 0.1) is 5.41 Å². The van der Waals surface area contributed by atoms with Crippen LogP contribution in [0.25, 0.3) is 0 Å². The van der Waals surface area contributed by atoms with E-state index >= 15 is 0 Å². The first-order chi connectivity index (χ1) is 9.12. The summed E-state index contributed by atoms with van der Waals surface area (Å²) in [5, 5.41) is 9.33. The van der Waals surface area contributed by atoms with Crippen molar-refractivity contribution < 1.29 is 9.90 Å². The van der Waals surface area contributed by atoms with Crippen molar-refractivity contribution in [2.24, 2.45) is 5.41 Å². The van der Waals surface area contributed by atoms with Crippen LogP contribution in [0.3, 0.4) is 0 Å². The number of aryl methyl sites for hydroxylation is 1. The molecule has 0 aliphatic heterocycles. The van der Waals surface area contributed by atoms with Crippen LogP contribution in [-0.2, 0) is 4.79 Å². The van der Waals surface area contributed by atoms with Crippen molar-refractivity contribution >= 4 is 5.97 Å². The standard InChI is InChI=1S/C16H19NO2/c1-11-10-13(6-9-17-11)12-2-4-14(5-3-12)16(7-8-16)15(18)19/h4,6,9-10,12H,2-3,5,7-8H2,1H3,(H,18,19). The van der Waals surface area contributed by atoms with E-state index in [2.05, 4.69) is 23.2 Å². The number of aliphatic carboxylic acids is 1. The second-order valence-electron chi connectivity index (χ2n) is 5.82. The highest BCUT2D eigenvalue weighted by molar-refractivity contribution is 5.82. The lowest BCUT2D eigenvalue weighted by Crippen LogP contribution is -2.20. The molecule has 1 atom stereocenters. The van der Waals surface area contributed by atoms with Gasteiger partial charge in [-0.1, -0.05) is 11.6 Å². The van der Waals surface area contributed by atoms with E-state index in [1.807, 2.05) is 13.1 Å². The minimum absolute atomic E-state index is 0.487. The summed E-state index contributed by atoms with van der Waals surface area (Å²) in [6.45, 7) is 2.01. The fourth-order valence-electron chi connectivity index (χ4n) is 3.19. The van der Waals surface area contributed by atoms with Crippen molar-refractivity contribution in [1.29, 1.82) is 0 Å². The zero-order chi connectivity index (χ0) is 13.5. The minimum Gasteiger partial charge on any atom is -0.481 e. The molecule has 1 N–H and O–H groups in total. The van der Waals surface area contributed by atoms with Crippen LogP contribution in [0, 0.1) is 12.3 Å². The highest BCUT2D eigenvalue weighted by atomic mass is 16.4. The number of carboxylic acids is 1. The number of pyridine rings is 1. The van der Waals surface area contributed by atoms with Gasteiger partial charge in [0.2, 0.25) is 0 Å². The molecular weight excluding hydrogens is 238 g/mol. The molecule has 1 fully saturated rings. The largest absolute Gasteiger partial charge is 0.481 e. The van der Waals surface area contributed by atoms with Gasteiger partial charge in [-0.15, -0.1) is 0 Å². The third-order valence-electron chi connectivity index (χ3n) is 4.58. The summed E-state index contributed by atoms with van der Waals surface area (Å²) in [6, 6.07) is 4.23. The van der Waals surface area contributed by atoms with E-state index in [0.717, 1.165) is 37.8 Å². The Bertz CT molecular complexity index is 543. The predicted octanol–water partition coefficient (Wildman–Crippen LogP) is 3.45. The van der Waals surface area contributed by atoms with Gasteiger partial charge in [0.1, 0.15) is 0 Å². The maximum Gasteiger partial charge on any atom is 0.313 e. The quantitative estimate of drug-likeness (QED) is 0.844. The lowest BCUT2D eigenvalue weighted by molar-refractivity contribution is -0.141. The van der Waals surface area contributed by atoms with Crippen LogP contribution in [0.4, 0.5) is 0 Å². The molecule has 100 valence electrons. The second-order valence-corrected chi connectivity index (χ2v) is 5.82. The van der Waals surface area contributed by atoms with Gasteiger partial charge in [-0.3, -0.25) is 9.78 Å². The van der Waals surface area contributed by atoms with Gasteiger partial charge in [0.25, 0.3) is 0 Å². The van der Waals surface area contributed by atoms with Gasteiger partial charge < -0.3 is 5.11 Å². The zero-order valence-corrected chi connectivity index (χ0v) is 11.2. The number of carbonyl (C=O) groups is 1. The summed E-state index contributed by atoms with van der Waals surface area (Å²) in [7, 11) is 0. The van der Waals surface area contributed by atoms with Crippen LogP contribution in [-0.4, -0.2) is 16.1 Å². The van der Waals surface area contributed by atoms with Gasteiger partial charge >= 0.3 is 5.97 Å². The molecule has 1 unspecified atom stereocenters. The molecule has 0 radical (unpaired) electrons. The zero-order valence-electron chi connectivity index (χ0n) is 11.2. The number of nitrogens with zero attached hydrogens (tertiary/aromatic N) is 1. The molecule has 1 saturated carbocycles. The Morgan fingerprint density at radius 2 is 2.26 bits per heavy atom. The van der Waals surface area contributed by atoms with Crippen molar-refractivity contribution in [2.75, 3.05) is 0 Å². The smallest absolute Gasteiger partial charge is 0.313 e. The van der Waals surface area contributed by atoms with Gasteiger partial charge in [0.15, 0.2) is 0 Å². The SMILES string of the molecule is Cc1cc(C2CC=C(C3(C(=O)O)CC3)CC2)ccn1. The summed E-state index contributed by atoms with van der Waals surface area (Å²) >= 11 is 0. The van der Waals surface area contributed by atoms with Crippen LogP contribution in [0.15, 0.2) is 30.0 Å². The van der Waals surface area contributed by atoms with Crippen LogP contribution in [0.2, 0.25) is 0 Å². The lowest BCUT2D eigenvalue weighted by atomic mass is 9.79. The monoisotopic (exact) mass is 257 g/mol. The van der Waals surface area contributed by atoms with Crippen LogP contribution >= 0.6 is 0 Å². The van der Waals surface area contributed by atoms with Crippen molar-refractivity contribution in [3.05, 3.63) is 41.2 Å². The van der Waals surface area contributed by atoms with Gasteiger partial charge in [-0.25, -0.2) is 0 Å². The molecule has 3 rings (SSSR count). The van der Waals surface area contributed by atoms with Crippen molar-refractivity contribution in [1.82, 2.24) is 4.98 Å². The molecule has 1 aromatic rings. The Balaban J connectivity index is 1.76. The average Bonchev–Trinajstić information content (AvgIpc) is 3.20. The average molecular weight is 257 g/mol. The molecule has 1 aromatic heterocycles. The highest BCUT2D eigenvalue weighted by Crippen LogP contribution is 2.55. The molecule has 1 heterocycles. The molecule has 0 spiro atoms.